The number of nitriles is 1. The van der Waals surface area contributed by atoms with Gasteiger partial charge in [0.1, 0.15) is 11.6 Å². The van der Waals surface area contributed by atoms with Gasteiger partial charge in [0.05, 0.1) is 37.7 Å². The highest BCUT2D eigenvalue weighted by molar-refractivity contribution is 6.10. The first kappa shape index (κ1) is 25.7. The molecule has 0 spiro atoms. The van der Waals surface area contributed by atoms with Gasteiger partial charge in [-0.05, 0) is 18.7 Å². The molecule has 34 heavy (non-hydrogen) atoms. The minimum Gasteiger partial charge on any atom is -0.394 e. The van der Waals surface area contributed by atoms with E-state index in [1.165, 1.54) is 12.1 Å². The molecule has 1 aliphatic rings. The van der Waals surface area contributed by atoms with Crippen molar-refractivity contribution in [1.82, 2.24) is 0 Å². The number of nitrogens with zero attached hydrogens (tertiary/aromatic N) is 2. The van der Waals surface area contributed by atoms with E-state index >= 15 is 0 Å². The van der Waals surface area contributed by atoms with Crippen molar-refractivity contribution >= 4 is 27.8 Å². The second-order valence-corrected chi connectivity index (χ2v) is 8.02. The van der Waals surface area contributed by atoms with Crippen LogP contribution in [0.3, 0.4) is 0 Å². The Morgan fingerprint density at radius 1 is 1.15 bits per heavy atom. The number of aliphatic hydroxyl groups is 1. The first-order valence-electron chi connectivity index (χ1n) is 11.1. The number of benzene rings is 2. The molecule has 9 heteroatoms. The number of carbonyl (C=O) groups excluding carboxylic acids is 1. The van der Waals surface area contributed by atoms with Gasteiger partial charge < -0.3 is 19.5 Å². The van der Waals surface area contributed by atoms with E-state index < -0.39 is 23.1 Å². The third-order valence-electron chi connectivity index (χ3n) is 5.54. The quantitative estimate of drug-likeness (QED) is 0.213. The number of Topliss-reactive ketones (excluding diaryl/α,β-unsaturated/α-hetero) is 1. The molecule has 2 aromatic carbocycles. The van der Waals surface area contributed by atoms with Crippen LogP contribution in [-0.2, 0) is 14.3 Å². The summed E-state index contributed by atoms with van der Waals surface area (Å²) in [5.41, 5.74) is -1.84. The van der Waals surface area contributed by atoms with E-state index in [4.69, 9.17) is 14.6 Å². The van der Waals surface area contributed by atoms with Gasteiger partial charge in [0.15, 0.2) is 5.78 Å². The Morgan fingerprint density at radius 3 is 2.44 bits per heavy atom. The van der Waals surface area contributed by atoms with Crippen LogP contribution >= 0.6 is 0 Å². The number of allylic oxidation sites excluding steroid dienone is 2. The van der Waals surface area contributed by atoms with E-state index in [2.05, 4.69) is 0 Å². The van der Waals surface area contributed by atoms with E-state index in [1.807, 2.05) is 24.0 Å². The molecule has 1 heterocycles. The zero-order valence-electron chi connectivity index (χ0n) is 18.9. The Balaban J connectivity index is 1.89. The zero-order valence-corrected chi connectivity index (χ0v) is 18.9. The highest BCUT2D eigenvalue weighted by Crippen LogP contribution is 2.46. The molecule has 1 unspecified atom stereocenters. The van der Waals surface area contributed by atoms with Gasteiger partial charge in [-0.15, -0.1) is 0 Å². The fraction of sp³-hybridized carbons (Fsp3) is 0.440. The summed E-state index contributed by atoms with van der Waals surface area (Å²) in [6.45, 7) is 3.23. The topological polar surface area (TPSA) is 82.6 Å². The number of aliphatic hydroxyl groups excluding tert-OH is 1. The van der Waals surface area contributed by atoms with E-state index in [1.54, 1.807) is 18.2 Å². The van der Waals surface area contributed by atoms with Crippen molar-refractivity contribution in [1.29, 1.82) is 5.26 Å². The van der Waals surface area contributed by atoms with Crippen molar-refractivity contribution < 1.29 is 32.5 Å². The number of alkyl halides is 3. The number of ether oxygens (including phenoxy) is 2. The molecule has 1 atom stereocenters. The van der Waals surface area contributed by atoms with Crippen molar-refractivity contribution in [3.63, 3.8) is 0 Å². The average molecular weight is 476 g/mol. The smallest absolute Gasteiger partial charge is 0.394 e. The summed E-state index contributed by atoms with van der Waals surface area (Å²) in [7, 11) is 0. The predicted octanol–water partition coefficient (Wildman–Crippen LogP) is 4.26. The van der Waals surface area contributed by atoms with Crippen LogP contribution in [0.4, 0.5) is 18.9 Å². The molecule has 0 aromatic heterocycles. The molecule has 182 valence electrons. The number of fused-ring (bicyclic) bond motifs is 1. The van der Waals surface area contributed by atoms with Crippen molar-refractivity contribution in [2.45, 2.75) is 32.0 Å². The van der Waals surface area contributed by atoms with Gasteiger partial charge in [0.25, 0.3) is 0 Å². The number of carbonyl (C=O) groups is 1. The summed E-state index contributed by atoms with van der Waals surface area (Å²) < 4.78 is 53.3. The molecule has 1 N–H and O–H groups in total. The Morgan fingerprint density at radius 2 is 1.82 bits per heavy atom. The van der Waals surface area contributed by atoms with Crippen LogP contribution in [-0.4, -0.2) is 62.7 Å². The lowest BCUT2D eigenvalue weighted by molar-refractivity contribution is -0.116. The third kappa shape index (κ3) is 6.14. The molecule has 3 rings (SSSR count). The largest absolute Gasteiger partial charge is 0.418 e. The lowest BCUT2D eigenvalue weighted by Gasteiger charge is -2.20. The average Bonchev–Trinajstić information content (AvgIpc) is 3.53. The molecular weight excluding hydrogens is 449 g/mol. The molecule has 1 aliphatic heterocycles. The van der Waals surface area contributed by atoms with Crippen LogP contribution in [0.1, 0.15) is 25.3 Å². The number of ketones is 1. The highest BCUT2D eigenvalue weighted by atomic mass is 19.4. The maximum Gasteiger partial charge on any atom is 0.418 e. The van der Waals surface area contributed by atoms with E-state index in [0.29, 0.717) is 17.6 Å². The molecule has 0 bridgehead atoms. The van der Waals surface area contributed by atoms with Crippen LogP contribution in [0.2, 0.25) is 0 Å². The summed E-state index contributed by atoms with van der Waals surface area (Å²) in [4.78, 5) is 14.6. The standard InChI is InChI=1S/C25H27F3N2O4/c1-17-16-30(17)24-19-6-3-2-5-18(19)8-9-20(24)23(25(26,27)28)21(15-29)22(32)7-4-11-33-13-14-34-12-10-31/h2-3,5-6,8-9,17,31H,4,7,10-14,16H2,1H3/b23-21-. The SMILES string of the molecule is CC1CN1c1c(/C(=C(\C#N)C(=O)CCCOCCOCCO)C(F)(F)F)ccc2ccccc12. The summed E-state index contributed by atoms with van der Waals surface area (Å²) in [6.07, 6.45) is -4.97. The van der Waals surface area contributed by atoms with Gasteiger partial charge in [0, 0.05) is 36.6 Å². The van der Waals surface area contributed by atoms with Gasteiger partial charge in [-0.1, -0.05) is 36.4 Å². The number of hydrogen-bond acceptors (Lipinski definition) is 6. The normalized spacial score (nSPS) is 16.4. The van der Waals surface area contributed by atoms with Gasteiger partial charge >= 0.3 is 6.18 Å². The third-order valence-corrected chi connectivity index (χ3v) is 5.54. The molecule has 0 radical (unpaired) electrons. The van der Waals surface area contributed by atoms with Crippen LogP contribution in [0, 0.1) is 11.3 Å². The number of anilines is 1. The fourth-order valence-electron chi connectivity index (χ4n) is 3.85. The summed E-state index contributed by atoms with van der Waals surface area (Å²) >= 11 is 0. The van der Waals surface area contributed by atoms with Crippen molar-refractivity contribution in [2.24, 2.45) is 0 Å². The Kier molecular flexibility index (Phi) is 8.67. The van der Waals surface area contributed by atoms with Crippen LogP contribution in [0.25, 0.3) is 16.3 Å². The van der Waals surface area contributed by atoms with E-state index in [-0.39, 0.29) is 57.5 Å². The van der Waals surface area contributed by atoms with Crippen molar-refractivity contribution in [2.75, 3.05) is 44.5 Å². The summed E-state index contributed by atoms with van der Waals surface area (Å²) in [5, 5.41) is 19.7. The molecule has 0 aliphatic carbocycles. The summed E-state index contributed by atoms with van der Waals surface area (Å²) in [6, 6.07) is 11.7. The predicted molar refractivity (Wildman–Crippen MR) is 122 cm³/mol. The van der Waals surface area contributed by atoms with Gasteiger partial charge in [-0.25, -0.2) is 0 Å². The molecule has 0 amide bonds. The summed E-state index contributed by atoms with van der Waals surface area (Å²) in [5.74, 6) is -0.868. The fourth-order valence-corrected chi connectivity index (χ4v) is 3.85. The van der Waals surface area contributed by atoms with Crippen LogP contribution in [0.5, 0.6) is 0 Å². The molecular formula is C25H27F3N2O4. The lowest BCUT2D eigenvalue weighted by atomic mass is 9.92. The zero-order chi connectivity index (χ0) is 24.7. The maximum atomic E-state index is 14.3. The molecule has 0 saturated carbocycles. The van der Waals surface area contributed by atoms with Crippen molar-refractivity contribution in [3.05, 3.63) is 47.5 Å². The number of rotatable bonds is 12. The minimum absolute atomic E-state index is 0.0683. The number of halogens is 3. The van der Waals surface area contributed by atoms with Gasteiger partial charge in [-0.3, -0.25) is 4.79 Å². The first-order valence-corrected chi connectivity index (χ1v) is 11.1. The Hall–Kier alpha value is -2.93. The maximum absolute atomic E-state index is 14.3. The molecule has 2 aromatic rings. The Bertz CT molecular complexity index is 1090. The molecule has 1 saturated heterocycles. The lowest BCUT2D eigenvalue weighted by Crippen LogP contribution is -2.19. The van der Waals surface area contributed by atoms with Gasteiger partial charge in [-0.2, -0.15) is 18.4 Å². The van der Waals surface area contributed by atoms with Crippen LogP contribution < -0.4 is 4.90 Å². The Labute approximate surface area is 196 Å². The minimum atomic E-state index is -4.89. The van der Waals surface area contributed by atoms with E-state index in [9.17, 15) is 23.2 Å². The number of hydrogen-bond donors (Lipinski definition) is 1. The highest BCUT2D eigenvalue weighted by Gasteiger charge is 2.43. The molecule has 1 fully saturated rings. The first-order chi connectivity index (χ1) is 16.3. The van der Waals surface area contributed by atoms with Crippen molar-refractivity contribution in [3.8, 4) is 6.07 Å². The van der Waals surface area contributed by atoms with E-state index in [0.717, 1.165) is 5.39 Å². The molecule has 6 nitrogen and oxygen atoms in total. The second-order valence-electron chi connectivity index (χ2n) is 8.02. The monoisotopic (exact) mass is 476 g/mol. The van der Waals surface area contributed by atoms with Gasteiger partial charge in [0.2, 0.25) is 0 Å². The second kappa shape index (κ2) is 11.5. The van der Waals surface area contributed by atoms with Crippen LogP contribution in [0.15, 0.2) is 42.0 Å².